The van der Waals surface area contributed by atoms with Gasteiger partial charge in [-0.25, -0.2) is 9.50 Å². The number of amides is 1. The van der Waals surface area contributed by atoms with Crippen LogP contribution < -0.4 is 9.64 Å². The van der Waals surface area contributed by atoms with Gasteiger partial charge >= 0.3 is 0 Å². The summed E-state index contributed by atoms with van der Waals surface area (Å²) in [4.78, 5) is 22.0. The first-order valence-corrected chi connectivity index (χ1v) is 16.2. The van der Waals surface area contributed by atoms with Crippen molar-refractivity contribution in [1.29, 1.82) is 5.26 Å². The number of piperazine rings is 1. The molecule has 6 unspecified atom stereocenters. The molecule has 4 aromatic rings. The van der Waals surface area contributed by atoms with Crippen molar-refractivity contribution in [2.24, 2.45) is 5.92 Å². The maximum absolute atomic E-state index is 13.1. The number of hydrogen-bond acceptors (Lipinski definition) is 10. The summed E-state index contributed by atoms with van der Waals surface area (Å²) in [5, 5.41) is 34.9. The number of nitrogens with zero attached hydrogens (tertiary/aromatic N) is 6. The molecule has 1 amide bonds. The number of carbonyl (C=O) groups excluding carboxylic acids is 1. The Bertz CT molecular complexity index is 1800. The van der Waals surface area contributed by atoms with E-state index in [2.05, 4.69) is 16.1 Å². The van der Waals surface area contributed by atoms with Crippen molar-refractivity contribution in [3.63, 3.8) is 0 Å². The number of anilines is 1. The lowest BCUT2D eigenvalue weighted by molar-refractivity contribution is -0.155. The molecule has 5 fully saturated rings. The first-order valence-electron chi connectivity index (χ1n) is 16.2. The summed E-state index contributed by atoms with van der Waals surface area (Å²) in [5.41, 5.74) is 3.68. The number of aromatic nitrogens is 3. The Labute approximate surface area is 271 Å². The Hall–Kier alpha value is -4.54. The first-order chi connectivity index (χ1) is 23.0. The van der Waals surface area contributed by atoms with E-state index in [9.17, 15) is 20.3 Å². The van der Waals surface area contributed by atoms with Crippen LogP contribution in [0.5, 0.6) is 5.75 Å². The third-order valence-corrected chi connectivity index (χ3v) is 9.98. The predicted octanol–water partition coefficient (Wildman–Crippen LogP) is 2.20. The van der Waals surface area contributed by atoms with E-state index in [-0.39, 0.29) is 36.1 Å². The summed E-state index contributed by atoms with van der Waals surface area (Å²) in [6.45, 7) is 2.58. The molecular weight excluding hydrogens is 600 g/mol. The van der Waals surface area contributed by atoms with Crippen LogP contribution >= 0.6 is 0 Å². The standard InChI is InChI=1S/C35H36N6O6/c36-13-24-15-38-40-18-27(45-9-8-23-19-46-34-30(43)20-47-33(23)34)12-28(32(24)40)22-6-7-31(37-14-22)39-16-25-11-26(17-39)41(25)35(44)29(42)10-21-4-2-1-3-5-21/h1-7,12,14-15,18,23,25-26,29-30,33-34,42-43H,8-11,16-17,19-20H2/t23?,25?,26?,29-,30?,33?,34?/m0/s1. The summed E-state index contributed by atoms with van der Waals surface area (Å²) >= 11 is 0. The number of aliphatic hydroxyl groups is 2. The van der Waals surface area contributed by atoms with Gasteiger partial charge in [-0.3, -0.25) is 4.79 Å². The number of hydrogen-bond donors (Lipinski definition) is 2. The molecule has 0 radical (unpaired) electrons. The number of nitriles is 1. The SMILES string of the molecule is N#Cc1cnn2cc(OCCC3COC4C(O)COC34)cc(-c3ccc(N4CC5CC(C4)N5C(=O)[C@@H](O)Cc4ccccc4)nc3)c12. The minimum Gasteiger partial charge on any atom is -0.492 e. The molecule has 0 aliphatic carbocycles. The van der Waals surface area contributed by atoms with Crippen LogP contribution in [0.15, 0.2) is 67.1 Å². The number of aliphatic hydroxyl groups excluding tert-OH is 2. The smallest absolute Gasteiger partial charge is 0.252 e. The molecule has 9 rings (SSSR count). The number of piperidine rings is 1. The lowest BCUT2D eigenvalue weighted by Gasteiger charge is -2.57. The molecule has 2 bridgehead atoms. The minimum atomic E-state index is -1.05. The first kappa shape index (κ1) is 29.8. The van der Waals surface area contributed by atoms with Crippen LogP contribution in [-0.4, -0.2) is 105 Å². The van der Waals surface area contributed by atoms with E-state index in [0.29, 0.717) is 62.6 Å². The summed E-state index contributed by atoms with van der Waals surface area (Å²) in [7, 11) is 0. The van der Waals surface area contributed by atoms with Crippen molar-refractivity contribution in [2.75, 3.05) is 37.8 Å². The maximum atomic E-state index is 13.1. The Morgan fingerprint density at radius 3 is 2.66 bits per heavy atom. The highest BCUT2D eigenvalue weighted by molar-refractivity contribution is 5.85. The molecule has 3 aromatic heterocycles. The average molecular weight is 637 g/mol. The zero-order chi connectivity index (χ0) is 32.1. The predicted molar refractivity (Wildman–Crippen MR) is 170 cm³/mol. The number of benzene rings is 1. The largest absolute Gasteiger partial charge is 0.492 e. The minimum absolute atomic E-state index is 0.0403. The van der Waals surface area contributed by atoms with Crippen molar-refractivity contribution in [3.05, 3.63) is 78.2 Å². The van der Waals surface area contributed by atoms with Gasteiger partial charge in [-0.2, -0.15) is 10.4 Å². The van der Waals surface area contributed by atoms with E-state index in [1.807, 2.05) is 53.4 Å². The molecule has 8 heterocycles. The van der Waals surface area contributed by atoms with Crippen LogP contribution in [-0.2, 0) is 20.7 Å². The van der Waals surface area contributed by atoms with Crippen molar-refractivity contribution < 1.29 is 29.2 Å². The molecule has 12 heteroatoms. The second-order valence-corrected chi connectivity index (χ2v) is 12.9. The summed E-state index contributed by atoms with van der Waals surface area (Å²) in [5.74, 6) is 1.37. The van der Waals surface area contributed by atoms with Gasteiger partial charge < -0.3 is 34.2 Å². The second kappa shape index (κ2) is 12.2. The monoisotopic (exact) mass is 636 g/mol. The highest BCUT2D eigenvalue weighted by atomic mass is 16.6. The van der Waals surface area contributed by atoms with Crippen molar-refractivity contribution in [2.45, 2.75) is 55.8 Å². The van der Waals surface area contributed by atoms with E-state index in [4.69, 9.17) is 19.2 Å². The van der Waals surface area contributed by atoms with Crippen LogP contribution in [0, 0.1) is 17.2 Å². The number of fused-ring (bicyclic) bond motifs is 4. The zero-order valence-electron chi connectivity index (χ0n) is 25.8. The fraction of sp³-hybridized carbons (Fsp3) is 0.429. The van der Waals surface area contributed by atoms with E-state index in [1.165, 1.54) is 0 Å². The zero-order valence-corrected chi connectivity index (χ0v) is 25.8. The molecule has 5 aliphatic rings. The fourth-order valence-electron chi connectivity index (χ4n) is 7.60. The van der Waals surface area contributed by atoms with Gasteiger partial charge in [-0.1, -0.05) is 30.3 Å². The molecule has 0 saturated carbocycles. The summed E-state index contributed by atoms with van der Waals surface area (Å²) in [6.07, 6.45) is 5.07. The van der Waals surface area contributed by atoms with E-state index in [1.54, 1.807) is 23.1 Å². The van der Waals surface area contributed by atoms with Gasteiger partial charge in [-0.05, 0) is 36.6 Å². The highest BCUT2D eigenvalue weighted by Crippen LogP contribution is 2.37. The van der Waals surface area contributed by atoms with Gasteiger partial charge in [0.2, 0.25) is 0 Å². The summed E-state index contributed by atoms with van der Waals surface area (Å²) < 4.78 is 19.3. The van der Waals surface area contributed by atoms with Gasteiger partial charge in [0.1, 0.15) is 35.9 Å². The Kier molecular flexibility index (Phi) is 7.77. The molecule has 0 spiro atoms. The lowest BCUT2D eigenvalue weighted by Crippen LogP contribution is -2.71. The topological polar surface area (TPSA) is 146 Å². The molecular formula is C35H36N6O6. The average Bonchev–Trinajstić information content (AvgIpc) is 3.81. The number of rotatable bonds is 9. The van der Waals surface area contributed by atoms with Crippen LogP contribution in [0.3, 0.4) is 0 Å². The molecule has 1 aromatic carbocycles. The van der Waals surface area contributed by atoms with Crippen molar-refractivity contribution >= 4 is 17.2 Å². The van der Waals surface area contributed by atoms with E-state index in [0.717, 1.165) is 28.9 Å². The third kappa shape index (κ3) is 5.49. The quantitative estimate of drug-likeness (QED) is 0.281. The van der Waals surface area contributed by atoms with Crippen molar-refractivity contribution in [3.8, 4) is 22.9 Å². The Morgan fingerprint density at radius 2 is 1.89 bits per heavy atom. The highest BCUT2D eigenvalue weighted by Gasteiger charge is 2.49. The second-order valence-electron chi connectivity index (χ2n) is 12.9. The van der Waals surface area contributed by atoms with Gasteiger partial charge in [0.05, 0.1) is 61.5 Å². The third-order valence-electron chi connectivity index (χ3n) is 9.98. The molecule has 5 saturated heterocycles. The van der Waals surface area contributed by atoms with Gasteiger partial charge in [0.25, 0.3) is 5.91 Å². The lowest BCUT2D eigenvalue weighted by atomic mass is 9.86. The van der Waals surface area contributed by atoms with Crippen LogP contribution in [0.4, 0.5) is 5.82 Å². The van der Waals surface area contributed by atoms with Crippen LogP contribution in [0.25, 0.3) is 16.6 Å². The van der Waals surface area contributed by atoms with E-state index < -0.39 is 12.2 Å². The number of ether oxygens (including phenoxy) is 3. The number of pyridine rings is 2. The molecule has 242 valence electrons. The van der Waals surface area contributed by atoms with Crippen LogP contribution in [0.1, 0.15) is 24.0 Å². The van der Waals surface area contributed by atoms with E-state index >= 15 is 0 Å². The van der Waals surface area contributed by atoms with Gasteiger partial charge in [0, 0.05) is 42.8 Å². The Morgan fingerprint density at radius 1 is 1.09 bits per heavy atom. The summed E-state index contributed by atoms with van der Waals surface area (Å²) in [6, 6.07) is 17.8. The Balaban J connectivity index is 0.944. The molecule has 7 atom stereocenters. The van der Waals surface area contributed by atoms with Gasteiger partial charge in [-0.15, -0.1) is 0 Å². The molecule has 5 aliphatic heterocycles. The van der Waals surface area contributed by atoms with Gasteiger partial charge in [0.15, 0.2) is 0 Å². The number of carbonyl (C=O) groups is 1. The molecule has 2 N–H and O–H groups in total. The maximum Gasteiger partial charge on any atom is 0.252 e. The van der Waals surface area contributed by atoms with Crippen molar-refractivity contribution in [1.82, 2.24) is 19.5 Å². The van der Waals surface area contributed by atoms with Crippen LogP contribution in [0.2, 0.25) is 0 Å². The molecule has 12 nitrogen and oxygen atoms in total. The molecule has 47 heavy (non-hydrogen) atoms. The fourth-order valence-corrected chi connectivity index (χ4v) is 7.60. The normalized spacial score (nSPS) is 26.9.